The number of aliphatic hydroxyl groups is 1. The van der Waals surface area contributed by atoms with Gasteiger partial charge in [0.1, 0.15) is 11.5 Å². The maximum atomic E-state index is 8.88. The summed E-state index contributed by atoms with van der Waals surface area (Å²) in [5.74, 6) is 1.90. The Hall–Kier alpha value is -2.00. The van der Waals surface area contributed by atoms with Crippen molar-refractivity contribution >= 4 is 0 Å². The summed E-state index contributed by atoms with van der Waals surface area (Å²) in [6.45, 7) is 1.65. The summed E-state index contributed by atoms with van der Waals surface area (Å²) < 4.78 is 11.3. The molecule has 0 fully saturated rings. The van der Waals surface area contributed by atoms with Crippen LogP contribution in [-0.2, 0) is 19.3 Å². The fraction of sp³-hybridized carbons (Fsp3) is 0.333. The van der Waals surface area contributed by atoms with Crippen molar-refractivity contribution in [2.24, 2.45) is 0 Å². The van der Waals surface area contributed by atoms with Crippen LogP contribution < -0.4 is 9.47 Å². The molecule has 2 aromatic carbocycles. The number of aliphatic hydroxyl groups excluding tert-OH is 1. The van der Waals surface area contributed by atoms with Gasteiger partial charge in [0.05, 0.1) is 13.2 Å². The molecule has 3 nitrogen and oxygen atoms in total. The summed E-state index contributed by atoms with van der Waals surface area (Å²) in [5.41, 5.74) is 3.72. The lowest BCUT2D eigenvalue weighted by molar-refractivity contribution is 0.299. The van der Waals surface area contributed by atoms with Gasteiger partial charge in [-0.25, -0.2) is 0 Å². The molecular weight excluding hydrogens is 264 g/mol. The second kappa shape index (κ2) is 6.64. The Labute approximate surface area is 125 Å². The normalized spacial score (nSPS) is 12.8. The molecule has 3 rings (SSSR count). The number of fused-ring (bicyclic) bond motifs is 1. The lowest BCUT2D eigenvalue weighted by Crippen LogP contribution is -2.02. The highest BCUT2D eigenvalue weighted by Gasteiger charge is 2.11. The monoisotopic (exact) mass is 284 g/mol. The van der Waals surface area contributed by atoms with Crippen LogP contribution in [0.25, 0.3) is 0 Å². The molecule has 0 unspecified atom stereocenters. The van der Waals surface area contributed by atoms with E-state index in [0.29, 0.717) is 13.0 Å². The van der Waals surface area contributed by atoms with Crippen molar-refractivity contribution in [3.8, 4) is 11.5 Å². The summed E-state index contributed by atoms with van der Waals surface area (Å²) in [6.07, 6.45) is 2.60. The zero-order valence-corrected chi connectivity index (χ0v) is 12.0. The van der Waals surface area contributed by atoms with E-state index >= 15 is 0 Å². The van der Waals surface area contributed by atoms with Crippen LogP contribution in [0.15, 0.2) is 42.5 Å². The first-order chi connectivity index (χ1) is 10.3. The molecule has 0 amide bonds. The standard InChI is InChI=1S/C18H20O3/c19-10-7-14-1-4-17(5-2-14)20-11-8-15-3-6-18-16(13-15)9-12-21-18/h1-6,13,19H,7-12H2. The van der Waals surface area contributed by atoms with Gasteiger partial charge < -0.3 is 14.6 Å². The first-order valence-electron chi connectivity index (χ1n) is 7.42. The summed E-state index contributed by atoms with van der Waals surface area (Å²) in [7, 11) is 0. The van der Waals surface area contributed by atoms with Crippen LogP contribution in [0.3, 0.4) is 0 Å². The van der Waals surface area contributed by atoms with E-state index in [1.165, 1.54) is 11.1 Å². The number of ether oxygens (including phenoxy) is 2. The maximum Gasteiger partial charge on any atom is 0.122 e. The molecule has 0 aromatic heterocycles. The number of hydrogen-bond donors (Lipinski definition) is 1. The summed E-state index contributed by atoms with van der Waals surface area (Å²) in [4.78, 5) is 0. The highest BCUT2D eigenvalue weighted by Crippen LogP contribution is 2.26. The summed E-state index contributed by atoms with van der Waals surface area (Å²) in [6, 6.07) is 14.3. The molecule has 0 saturated carbocycles. The van der Waals surface area contributed by atoms with Gasteiger partial charge in [0.15, 0.2) is 0 Å². The maximum absolute atomic E-state index is 8.88. The second-order valence-electron chi connectivity index (χ2n) is 5.26. The first kappa shape index (κ1) is 14.0. The van der Waals surface area contributed by atoms with Crippen LogP contribution in [0.2, 0.25) is 0 Å². The van der Waals surface area contributed by atoms with E-state index in [2.05, 4.69) is 18.2 Å². The van der Waals surface area contributed by atoms with Gasteiger partial charge in [-0.15, -0.1) is 0 Å². The molecule has 1 heterocycles. The van der Waals surface area contributed by atoms with E-state index in [-0.39, 0.29) is 6.61 Å². The van der Waals surface area contributed by atoms with Crippen LogP contribution in [0, 0.1) is 0 Å². The van der Waals surface area contributed by atoms with Crippen LogP contribution >= 0.6 is 0 Å². The Bertz CT molecular complexity index is 590. The quantitative estimate of drug-likeness (QED) is 0.886. The van der Waals surface area contributed by atoms with Gasteiger partial charge in [0.25, 0.3) is 0 Å². The predicted molar refractivity (Wildman–Crippen MR) is 82.1 cm³/mol. The zero-order chi connectivity index (χ0) is 14.5. The Kier molecular flexibility index (Phi) is 4.41. The van der Waals surface area contributed by atoms with E-state index in [1.54, 1.807) is 0 Å². The molecule has 1 N–H and O–H groups in total. The minimum Gasteiger partial charge on any atom is -0.493 e. The molecule has 0 bridgehead atoms. The number of hydrogen-bond acceptors (Lipinski definition) is 3. The molecule has 21 heavy (non-hydrogen) atoms. The Morgan fingerprint density at radius 2 is 1.81 bits per heavy atom. The number of benzene rings is 2. The third-order valence-corrected chi connectivity index (χ3v) is 3.74. The van der Waals surface area contributed by atoms with Crippen molar-refractivity contribution in [1.82, 2.24) is 0 Å². The molecule has 1 aliphatic heterocycles. The van der Waals surface area contributed by atoms with E-state index in [9.17, 15) is 0 Å². The fourth-order valence-electron chi connectivity index (χ4n) is 2.56. The van der Waals surface area contributed by atoms with Gasteiger partial charge in [-0.2, -0.15) is 0 Å². The van der Waals surface area contributed by atoms with Crippen molar-refractivity contribution in [3.63, 3.8) is 0 Å². The van der Waals surface area contributed by atoms with Crippen LogP contribution in [0.5, 0.6) is 11.5 Å². The highest BCUT2D eigenvalue weighted by atomic mass is 16.5. The zero-order valence-electron chi connectivity index (χ0n) is 12.0. The first-order valence-corrected chi connectivity index (χ1v) is 7.42. The van der Waals surface area contributed by atoms with Gasteiger partial charge in [-0.05, 0) is 41.3 Å². The Balaban J connectivity index is 1.51. The molecule has 3 heteroatoms. The van der Waals surface area contributed by atoms with E-state index in [0.717, 1.165) is 36.5 Å². The van der Waals surface area contributed by atoms with Gasteiger partial charge in [-0.3, -0.25) is 0 Å². The third kappa shape index (κ3) is 3.56. The predicted octanol–water partition coefficient (Wildman–Crippen LogP) is 2.78. The number of rotatable bonds is 6. The van der Waals surface area contributed by atoms with Crippen molar-refractivity contribution in [2.75, 3.05) is 19.8 Å². The third-order valence-electron chi connectivity index (χ3n) is 3.74. The smallest absolute Gasteiger partial charge is 0.122 e. The average Bonchev–Trinajstić information content (AvgIpc) is 2.97. The van der Waals surface area contributed by atoms with Gasteiger partial charge >= 0.3 is 0 Å². The minimum atomic E-state index is 0.183. The van der Waals surface area contributed by atoms with Crippen molar-refractivity contribution in [1.29, 1.82) is 0 Å². The second-order valence-corrected chi connectivity index (χ2v) is 5.26. The van der Waals surface area contributed by atoms with E-state index in [1.807, 2.05) is 24.3 Å². The summed E-state index contributed by atoms with van der Waals surface area (Å²) >= 11 is 0. The molecule has 1 aliphatic rings. The van der Waals surface area contributed by atoms with Crippen LogP contribution in [0.1, 0.15) is 16.7 Å². The van der Waals surface area contributed by atoms with E-state index < -0.39 is 0 Å². The van der Waals surface area contributed by atoms with Gasteiger partial charge in [0.2, 0.25) is 0 Å². The Morgan fingerprint density at radius 3 is 2.62 bits per heavy atom. The lowest BCUT2D eigenvalue weighted by Gasteiger charge is -2.08. The summed E-state index contributed by atoms with van der Waals surface area (Å²) in [5, 5.41) is 8.88. The minimum absolute atomic E-state index is 0.183. The molecule has 110 valence electrons. The van der Waals surface area contributed by atoms with Gasteiger partial charge in [0, 0.05) is 19.4 Å². The van der Waals surface area contributed by atoms with Crippen molar-refractivity contribution < 1.29 is 14.6 Å². The van der Waals surface area contributed by atoms with Gasteiger partial charge in [-0.1, -0.05) is 24.3 Å². The topological polar surface area (TPSA) is 38.7 Å². The lowest BCUT2D eigenvalue weighted by atomic mass is 10.1. The van der Waals surface area contributed by atoms with Crippen molar-refractivity contribution in [2.45, 2.75) is 19.3 Å². The molecule has 0 radical (unpaired) electrons. The SMILES string of the molecule is OCCc1ccc(OCCc2ccc3c(c2)CCO3)cc1. The molecule has 0 aliphatic carbocycles. The average molecular weight is 284 g/mol. The van der Waals surface area contributed by atoms with Crippen LogP contribution in [-0.4, -0.2) is 24.9 Å². The highest BCUT2D eigenvalue weighted by molar-refractivity contribution is 5.39. The molecule has 0 atom stereocenters. The van der Waals surface area contributed by atoms with Crippen molar-refractivity contribution in [3.05, 3.63) is 59.2 Å². The molecular formula is C18H20O3. The Morgan fingerprint density at radius 1 is 1.00 bits per heavy atom. The fourth-order valence-corrected chi connectivity index (χ4v) is 2.56. The largest absolute Gasteiger partial charge is 0.493 e. The van der Waals surface area contributed by atoms with E-state index in [4.69, 9.17) is 14.6 Å². The molecule has 2 aromatic rings. The molecule has 0 spiro atoms. The van der Waals surface area contributed by atoms with Crippen LogP contribution in [0.4, 0.5) is 0 Å². The molecule has 0 saturated heterocycles.